The summed E-state index contributed by atoms with van der Waals surface area (Å²) < 4.78 is 1.92. The Kier molecular flexibility index (Phi) is 5.11. The summed E-state index contributed by atoms with van der Waals surface area (Å²) in [5.74, 6) is -0.199. The molecule has 0 radical (unpaired) electrons. The molecule has 8 heteroatoms. The van der Waals surface area contributed by atoms with Gasteiger partial charge in [-0.25, -0.2) is 4.98 Å². The van der Waals surface area contributed by atoms with Gasteiger partial charge in [0.05, 0.1) is 11.3 Å². The third-order valence-corrected chi connectivity index (χ3v) is 3.27. The number of nitro groups is 1. The highest BCUT2D eigenvalue weighted by Crippen LogP contribution is 2.20. The molecule has 7 nitrogen and oxygen atoms in total. The average molecular weight is 323 g/mol. The van der Waals surface area contributed by atoms with Gasteiger partial charge in [0.1, 0.15) is 0 Å². The molecule has 1 atom stereocenters. The molecule has 1 heterocycles. The Hall–Kier alpha value is -2.41. The molecule has 0 fully saturated rings. The molecule has 0 saturated heterocycles. The number of carbonyl (C=O) groups excluding carboxylic acids is 1. The maximum Gasteiger partial charge on any atom is 0.271 e. The minimum Gasteiger partial charge on any atom is -0.352 e. The number of non-ortho nitro benzene ring substituents is 1. The number of carbonyl (C=O) groups is 1. The van der Waals surface area contributed by atoms with Gasteiger partial charge in [-0.1, -0.05) is 18.5 Å². The van der Waals surface area contributed by atoms with Gasteiger partial charge in [0, 0.05) is 48.2 Å². The first-order valence-electron chi connectivity index (χ1n) is 6.64. The Morgan fingerprint density at radius 1 is 1.50 bits per heavy atom. The quantitative estimate of drug-likeness (QED) is 0.653. The maximum absolute atomic E-state index is 12.1. The van der Waals surface area contributed by atoms with Gasteiger partial charge in [-0.15, -0.1) is 0 Å². The highest BCUT2D eigenvalue weighted by atomic mass is 35.5. The summed E-state index contributed by atoms with van der Waals surface area (Å²) in [4.78, 5) is 26.2. The van der Waals surface area contributed by atoms with E-state index in [1.165, 1.54) is 18.2 Å². The number of halogens is 1. The van der Waals surface area contributed by atoms with Gasteiger partial charge in [0.2, 0.25) is 0 Å². The van der Waals surface area contributed by atoms with Gasteiger partial charge < -0.3 is 9.88 Å². The molecule has 1 unspecified atom stereocenters. The lowest BCUT2D eigenvalue weighted by molar-refractivity contribution is -0.384. The summed E-state index contributed by atoms with van der Waals surface area (Å²) in [5.41, 5.74) is -0.0295. The predicted octanol–water partition coefficient (Wildman–Crippen LogP) is 2.51. The molecule has 0 bridgehead atoms. The lowest BCUT2D eigenvalue weighted by Crippen LogP contribution is -2.29. The zero-order valence-corrected chi connectivity index (χ0v) is 12.7. The Balaban J connectivity index is 1.96. The van der Waals surface area contributed by atoms with Crippen LogP contribution in [0.4, 0.5) is 5.69 Å². The second-order valence-electron chi connectivity index (χ2n) is 5.03. The van der Waals surface area contributed by atoms with Crippen molar-refractivity contribution in [1.29, 1.82) is 0 Å². The molecule has 0 aliphatic rings. The maximum atomic E-state index is 12.1. The fraction of sp³-hybridized carbons (Fsp3) is 0.286. The summed E-state index contributed by atoms with van der Waals surface area (Å²) in [6.07, 6.45) is 5.24. The zero-order chi connectivity index (χ0) is 16.1. The summed E-state index contributed by atoms with van der Waals surface area (Å²) in [5, 5.41) is 13.7. The molecule has 2 aromatic rings. The van der Waals surface area contributed by atoms with Crippen LogP contribution >= 0.6 is 11.6 Å². The fourth-order valence-electron chi connectivity index (χ4n) is 2.00. The molecule has 1 amide bonds. The number of nitrogens with zero attached hydrogens (tertiary/aromatic N) is 3. The van der Waals surface area contributed by atoms with Crippen molar-refractivity contribution in [3.8, 4) is 0 Å². The number of hydrogen-bond donors (Lipinski definition) is 1. The van der Waals surface area contributed by atoms with Crippen LogP contribution in [-0.2, 0) is 6.54 Å². The number of nitro benzene ring substituents is 1. The number of rotatable bonds is 6. The van der Waals surface area contributed by atoms with E-state index in [4.69, 9.17) is 11.6 Å². The van der Waals surface area contributed by atoms with Crippen molar-refractivity contribution in [3.63, 3.8) is 0 Å². The standard InChI is InChI=1S/C14H15ClN4O3/c1-10(8-18-3-2-16-9-18)7-17-14(20)11-4-12(15)6-13(5-11)19(21)22/h2-6,9-10H,7-8H2,1H3,(H,17,20). The summed E-state index contributed by atoms with van der Waals surface area (Å²) >= 11 is 5.80. The second-order valence-corrected chi connectivity index (χ2v) is 5.47. The van der Waals surface area contributed by atoms with Crippen LogP contribution in [0.15, 0.2) is 36.9 Å². The number of amides is 1. The van der Waals surface area contributed by atoms with Crippen LogP contribution in [0.2, 0.25) is 5.02 Å². The van der Waals surface area contributed by atoms with Crippen molar-refractivity contribution < 1.29 is 9.72 Å². The SMILES string of the molecule is CC(CNC(=O)c1cc(Cl)cc([N+](=O)[O-])c1)Cn1ccnc1. The first kappa shape index (κ1) is 16.0. The molecule has 0 spiro atoms. The van der Waals surface area contributed by atoms with Crippen LogP contribution in [0.1, 0.15) is 17.3 Å². The van der Waals surface area contributed by atoms with Crippen LogP contribution in [0.25, 0.3) is 0 Å². The highest BCUT2D eigenvalue weighted by Gasteiger charge is 2.14. The molecular weight excluding hydrogens is 308 g/mol. The van der Waals surface area contributed by atoms with Crippen LogP contribution in [-0.4, -0.2) is 26.9 Å². The van der Waals surface area contributed by atoms with Crippen molar-refractivity contribution >= 4 is 23.2 Å². The minimum absolute atomic E-state index is 0.158. The number of benzene rings is 1. The van der Waals surface area contributed by atoms with Crippen LogP contribution < -0.4 is 5.32 Å². The molecular formula is C14H15ClN4O3. The average Bonchev–Trinajstić information content (AvgIpc) is 2.96. The van der Waals surface area contributed by atoms with E-state index in [2.05, 4.69) is 10.3 Å². The number of hydrogen-bond acceptors (Lipinski definition) is 4. The molecule has 116 valence electrons. The normalized spacial score (nSPS) is 11.9. The highest BCUT2D eigenvalue weighted by molar-refractivity contribution is 6.31. The largest absolute Gasteiger partial charge is 0.352 e. The molecule has 1 aromatic carbocycles. The molecule has 0 aliphatic heterocycles. The molecule has 1 N–H and O–H groups in total. The molecule has 1 aromatic heterocycles. The van der Waals surface area contributed by atoms with Crippen molar-refractivity contribution in [2.24, 2.45) is 5.92 Å². The number of aromatic nitrogens is 2. The van der Waals surface area contributed by atoms with E-state index in [-0.39, 0.29) is 28.1 Å². The lowest BCUT2D eigenvalue weighted by Gasteiger charge is -2.13. The van der Waals surface area contributed by atoms with Gasteiger partial charge in [-0.3, -0.25) is 14.9 Å². The predicted molar refractivity (Wildman–Crippen MR) is 81.8 cm³/mol. The molecule has 22 heavy (non-hydrogen) atoms. The summed E-state index contributed by atoms with van der Waals surface area (Å²) in [6.45, 7) is 3.15. The third kappa shape index (κ3) is 4.29. The third-order valence-electron chi connectivity index (χ3n) is 3.05. The van der Waals surface area contributed by atoms with Crippen LogP contribution in [0.3, 0.4) is 0 Å². The minimum atomic E-state index is -0.579. The van der Waals surface area contributed by atoms with E-state index in [0.29, 0.717) is 6.54 Å². The number of nitrogens with one attached hydrogen (secondary N) is 1. The Morgan fingerprint density at radius 2 is 2.27 bits per heavy atom. The first-order chi connectivity index (χ1) is 10.5. The van der Waals surface area contributed by atoms with E-state index in [1.54, 1.807) is 12.5 Å². The Labute approximate surface area is 132 Å². The van der Waals surface area contributed by atoms with Crippen molar-refractivity contribution in [1.82, 2.24) is 14.9 Å². The molecule has 0 aliphatic carbocycles. The molecule has 0 saturated carbocycles. The number of imidazole rings is 1. The van der Waals surface area contributed by atoms with E-state index < -0.39 is 4.92 Å². The van der Waals surface area contributed by atoms with Crippen molar-refractivity contribution in [2.45, 2.75) is 13.5 Å². The van der Waals surface area contributed by atoms with Gasteiger partial charge in [-0.2, -0.15) is 0 Å². The summed E-state index contributed by atoms with van der Waals surface area (Å²) in [7, 11) is 0. The van der Waals surface area contributed by atoms with Crippen LogP contribution in [0, 0.1) is 16.0 Å². The summed E-state index contributed by atoms with van der Waals surface area (Å²) in [6, 6.07) is 3.83. The van der Waals surface area contributed by atoms with E-state index in [1.807, 2.05) is 17.7 Å². The zero-order valence-electron chi connectivity index (χ0n) is 11.9. The van der Waals surface area contributed by atoms with Crippen molar-refractivity contribution in [2.75, 3.05) is 6.54 Å². The fourth-order valence-corrected chi connectivity index (χ4v) is 2.23. The van der Waals surface area contributed by atoms with Gasteiger partial charge in [0.15, 0.2) is 0 Å². The van der Waals surface area contributed by atoms with E-state index in [9.17, 15) is 14.9 Å². The van der Waals surface area contributed by atoms with Gasteiger partial charge >= 0.3 is 0 Å². The topological polar surface area (TPSA) is 90.1 Å². The molecule has 2 rings (SSSR count). The Bertz CT molecular complexity index is 673. The monoisotopic (exact) mass is 322 g/mol. The van der Waals surface area contributed by atoms with Gasteiger partial charge in [0.25, 0.3) is 11.6 Å². The lowest BCUT2D eigenvalue weighted by atomic mass is 10.1. The van der Waals surface area contributed by atoms with E-state index in [0.717, 1.165) is 6.54 Å². The Morgan fingerprint density at radius 3 is 2.91 bits per heavy atom. The second kappa shape index (κ2) is 7.04. The van der Waals surface area contributed by atoms with Crippen molar-refractivity contribution in [3.05, 3.63) is 57.6 Å². The van der Waals surface area contributed by atoms with Gasteiger partial charge in [-0.05, 0) is 12.0 Å². The van der Waals surface area contributed by atoms with E-state index >= 15 is 0 Å². The van der Waals surface area contributed by atoms with Crippen LogP contribution in [0.5, 0.6) is 0 Å². The smallest absolute Gasteiger partial charge is 0.271 e. The first-order valence-corrected chi connectivity index (χ1v) is 7.02.